The van der Waals surface area contributed by atoms with E-state index in [1.54, 1.807) is 30.3 Å². The number of nitrogens with zero attached hydrogens (tertiary/aromatic N) is 3. The number of benzene rings is 3. The summed E-state index contributed by atoms with van der Waals surface area (Å²) in [6.45, 7) is 2.10. The van der Waals surface area contributed by atoms with Crippen LogP contribution >= 0.6 is 15.9 Å². The maximum absolute atomic E-state index is 12.6. The van der Waals surface area contributed by atoms with E-state index < -0.39 is 16.2 Å². The molecule has 0 atom stereocenters. The Labute approximate surface area is 195 Å². The summed E-state index contributed by atoms with van der Waals surface area (Å²) in [5.74, 6) is 0.0689. The molecule has 0 fully saturated rings. The molecule has 4 aromatic rings. The quantitative estimate of drug-likeness (QED) is 0.238. The van der Waals surface area contributed by atoms with Crippen molar-refractivity contribution >= 4 is 38.7 Å². The van der Waals surface area contributed by atoms with Crippen molar-refractivity contribution in [2.45, 2.75) is 13.5 Å². The number of fused-ring (bicyclic) bond motifs is 1. The van der Waals surface area contributed by atoms with E-state index in [0.29, 0.717) is 25.6 Å². The summed E-state index contributed by atoms with van der Waals surface area (Å²) in [7, 11) is 0. The van der Waals surface area contributed by atoms with Crippen LogP contribution in [-0.2, 0) is 6.61 Å². The normalized spacial score (nSPS) is 11.2. The number of H-pyrrole nitrogens is 1. The fourth-order valence-corrected chi connectivity index (χ4v) is 3.87. The van der Waals surface area contributed by atoms with E-state index in [1.807, 2.05) is 31.2 Å². The van der Waals surface area contributed by atoms with Gasteiger partial charge in [0.15, 0.2) is 0 Å². The minimum Gasteiger partial charge on any atom is -0.481 e. The Morgan fingerprint density at radius 2 is 1.94 bits per heavy atom. The van der Waals surface area contributed by atoms with E-state index >= 15 is 0 Å². The van der Waals surface area contributed by atoms with Crippen molar-refractivity contribution in [2.24, 2.45) is 5.10 Å². The van der Waals surface area contributed by atoms with Gasteiger partial charge in [0.1, 0.15) is 6.61 Å². The zero-order valence-corrected chi connectivity index (χ0v) is 18.9. The maximum Gasteiger partial charge on any atom is 0.349 e. The molecular weight excluding hydrogens is 492 g/mol. The lowest BCUT2D eigenvalue weighted by molar-refractivity contribution is -0.386. The van der Waals surface area contributed by atoms with Crippen molar-refractivity contribution in [3.05, 3.63) is 113 Å². The third-order valence-corrected chi connectivity index (χ3v) is 5.40. The van der Waals surface area contributed by atoms with Crippen LogP contribution in [0.3, 0.4) is 0 Å². The number of nitro benzene ring substituents is 1. The van der Waals surface area contributed by atoms with E-state index in [2.05, 4.69) is 26.0 Å². The van der Waals surface area contributed by atoms with Gasteiger partial charge in [-0.3, -0.25) is 14.9 Å². The number of halogens is 1. The Bertz CT molecular complexity index is 1520. The molecular formula is C23H17BrN4O5. The van der Waals surface area contributed by atoms with Crippen LogP contribution in [0.25, 0.3) is 10.9 Å². The Morgan fingerprint density at radius 3 is 2.70 bits per heavy atom. The molecule has 1 N–H and O–H groups in total. The van der Waals surface area contributed by atoms with Crippen LogP contribution in [0.2, 0.25) is 0 Å². The van der Waals surface area contributed by atoms with Crippen molar-refractivity contribution in [1.29, 1.82) is 0 Å². The second-order valence-corrected chi connectivity index (χ2v) is 8.08. The number of nitrogens with one attached hydrogen (secondary N) is 1. The Kier molecular flexibility index (Phi) is 6.18. The lowest BCUT2D eigenvalue weighted by Gasteiger charge is -2.10. The zero-order valence-electron chi connectivity index (χ0n) is 17.3. The lowest BCUT2D eigenvalue weighted by Crippen LogP contribution is -2.32. The third kappa shape index (κ3) is 4.75. The van der Waals surface area contributed by atoms with E-state index in [0.717, 1.165) is 11.1 Å². The summed E-state index contributed by atoms with van der Waals surface area (Å²) in [5, 5.41) is 15.9. The minimum absolute atomic E-state index is 0.0689. The highest BCUT2D eigenvalue weighted by atomic mass is 79.9. The molecule has 1 aromatic heterocycles. The molecule has 0 spiro atoms. The van der Waals surface area contributed by atoms with Crippen molar-refractivity contribution in [3.8, 4) is 5.75 Å². The first-order chi connectivity index (χ1) is 15.8. The first kappa shape index (κ1) is 22.2. The highest BCUT2D eigenvalue weighted by Crippen LogP contribution is 2.36. The van der Waals surface area contributed by atoms with E-state index in [-0.39, 0.29) is 18.0 Å². The van der Waals surface area contributed by atoms with Crippen LogP contribution < -0.4 is 16.0 Å². The number of hydrogen-bond acceptors (Lipinski definition) is 6. The fraction of sp³-hybridized carbons (Fsp3) is 0.0870. The lowest BCUT2D eigenvalue weighted by atomic mass is 10.1. The van der Waals surface area contributed by atoms with Crippen LogP contribution in [-0.4, -0.2) is 20.8 Å². The van der Waals surface area contributed by atoms with E-state index in [9.17, 15) is 19.7 Å². The van der Waals surface area contributed by atoms with Gasteiger partial charge in [-0.25, -0.2) is 4.79 Å². The number of aromatic amines is 1. The highest BCUT2D eigenvalue weighted by molar-refractivity contribution is 9.10. The molecule has 33 heavy (non-hydrogen) atoms. The van der Waals surface area contributed by atoms with Gasteiger partial charge in [-0.1, -0.05) is 42.0 Å². The topological polar surface area (TPSA) is 120 Å². The summed E-state index contributed by atoms with van der Waals surface area (Å²) >= 11 is 3.31. The molecule has 0 aliphatic heterocycles. The summed E-state index contributed by atoms with van der Waals surface area (Å²) in [6, 6.07) is 17.0. The standard InChI is InChI=1S/C23H17BrN4O5/c1-14-5-4-6-15(9-14)13-33-21-18(24)10-16(11-20(21)28(31)32)12-25-27-22(29)17-7-2-3-8-19(17)26-23(27)30/h2-12H,13H2,1H3,(H,26,30). The van der Waals surface area contributed by atoms with Gasteiger partial charge in [0.25, 0.3) is 5.56 Å². The Morgan fingerprint density at radius 1 is 1.15 bits per heavy atom. The van der Waals surface area contributed by atoms with E-state index in [4.69, 9.17) is 4.74 Å². The average Bonchev–Trinajstić information content (AvgIpc) is 2.78. The Balaban J connectivity index is 1.68. The van der Waals surface area contributed by atoms with Gasteiger partial charge in [0.05, 0.1) is 26.5 Å². The van der Waals surface area contributed by atoms with Crippen molar-refractivity contribution < 1.29 is 9.66 Å². The van der Waals surface area contributed by atoms with Crippen LogP contribution in [0.5, 0.6) is 5.75 Å². The number of rotatable bonds is 6. The van der Waals surface area contributed by atoms with Crippen molar-refractivity contribution in [2.75, 3.05) is 0 Å². The zero-order chi connectivity index (χ0) is 23.5. The van der Waals surface area contributed by atoms with Gasteiger partial charge >= 0.3 is 11.4 Å². The number of nitro groups is 1. The van der Waals surface area contributed by atoms with Crippen molar-refractivity contribution in [3.63, 3.8) is 0 Å². The molecule has 166 valence electrons. The van der Waals surface area contributed by atoms with Crippen molar-refractivity contribution in [1.82, 2.24) is 9.66 Å². The second kappa shape index (κ2) is 9.21. The minimum atomic E-state index is -0.721. The van der Waals surface area contributed by atoms with Gasteiger partial charge in [-0.15, -0.1) is 4.68 Å². The predicted octanol–water partition coefficient (Wildman–Crippen LogP) is 4.13. The first-order valence-corrected chi connectivity index (χ1v) is 10.6. The van der Waals surface area contributed by atoms with Crippen LogP contribution in [0.15, 0.2) is 79.8 Å². The highest BCUT2D eigenvalue weighted by Gasteiger charge is 2.20. The average molecular weight is 509 g/mol. The fourth-order valence-electron chi connectivity index (χ4n) is 3.29. The molecule has 0 amide bonds. The maximum atomic E-state index is 12.6. The molecule has 1 heterocycles. The SMILES string of the molecule is Cc1cccc(COc2c(Br)cc(C=Nn3c(=O)[nH]c4ccccc4c3=O)cc2[N+](=O)[O-])c1. The number of ether oxygens (including phenoxy) is 1. The molecule has 9 nitrogen and oxygen atoms in total. The summed E-state index contributed by atoms with van der Waals surface area (Å²) in [4.78, 5) is 38.6. The Hall–Kier alpha value is -4.05. The van der Waals surface area contributed by atoms with Gasteiger partial charge in [0, 0.05) is 11.6 Å². The molecule has 0 unspecified atom stereocenters. The number of aryl methyl sites for hydroxylation is 1. The number of hydrogen-bond donors (Lipinski definition) is 1. The smallest absolute Gasteiger partial charge is 0.349 e. The molecule has 0 aliphatic rings. The first-order valence-electron chi connectivity index (χ1n) is 9.78. The van der Waals surface area contributed by atoms with Gasteiger partial charge in [-0.05, 0) is 46.6 Å². The molecule has 0 aliphatic carbocycles. The third-order valence-electron chi connectivity index (χ3n) is 4.81. The molecule has 3 aromatic carbocycles. The molecule has 10 heteroatoms. The molecule has 0 saturated carbocycles. The van der Waals surface area contributed by atoms with Crippen LogP contribution in [0.1, 0.15) is 16.7 Å². The second-order valence-electron chi connectivity index (χ2n) is 7.22. The van der Waals surface area contributed by atoms with Gasteiger partial charge < -0.3 is 9.72 Å². The molecule has 0 bridgehead atoms. The molecule has 4 rings (SSSR count). The van der Waals surface area contributed by atoms with Gasteiger partial charge in [0.2, 0.25) is 5.75 Å². The van der Waals surface area contributed by atoms with Gasteiger partial charge in [-0.2, -0.15) is 5.10 Å². The number of para-hydroxylation sites is 1. The summed E-state index contributed by atoms with van der Waals surface area (Å²) in [5.41, 5.74) is 1.02. The summed E-state index contributed by atoms with van der Waals surface area (Å²) < 4.78 is 6.74. The predicted molar refractivity (Wildman–Crippen MR) is 128 cm³/mol. The van der Waals surface area contributed by atoms with Crippen LogP contribution in [0.4, 0.5) is 5.69 Å². The molecule has 0 radical (unpaired) electrons. The largest absolute Gasteiger partial charge is 0.481 e. The van der Waals surface area contributed by atoms with Crippen LogP contribution in [0, 0.1) is 17.0 Å². The number of aromatic nitrogens is 2. The van der Waals surface area contributed by atoms with E-state index in [1.165, 1.54) is 12.3 Å². The summed E-state index contributed by atoms with van der Waals surface area (Å²) in [6.07, 6.45) is 1.20. The monoisotopic (exact) mass is 508 g/mol. The molecule has 0 saturated heterocycles.